The molecule has 0 rings (SSSR count). The lowest BCUT2D eigenvalue weighted by Gasteiger charge is -2.03. The predicted molar refractivity (Wildman–Crippen MR) is 38.6 cm³/mol. The Labute approximate surface area is 63.6 Å². The standard InChI is InChI=1S/C7H10F3N/c1-5(2)11-4-6(3)7(8,9)10/h4H,1-3H3/b6-4+. The van der Waals surface area contributed by atoms with Gasteiger partial charge in [-0.15, -0.1) is 0 Å². The van der Waals surface area contributed by atoms with Crippen LogP contribution in [0.2, 0.25) is 0 Å². The van der Waals surface area contributed by atoms with Crippen LogP contribution in [-0.2, 0) is 0 Å². The van der Waals surface area contributed by atoms with Crippen LogP contribution in [0.25, 0.3) is 0 Å². The minimum atomic E-state index is -4.25. The lowest BCUT2D eigenvalue weighted by Crippen LogP contribution is -2.08. The van der Waals surface area contributed by atoms with Gasteiger partial charge in [-0.2, -0.15) is 13.2 Å². The van der Waals surface area contributed by atoms with Crippen LogP contribution in [0.5, 0.6) is 0 Å². The first-order chi connectivity index (χ1) is 4.84. The summed E-state index contributed by atoms with van der Waals surface area (Å²) in [6, 6.07) is 0. The van der Waals surface area contributed by atoms with Crippen LogP contribution in [0.1, 0.15) is 20.8 Å². The van der Waals surface area contributed by atoms with E-state index < -0.39 is 11.7 Å². The molecule has 0 aliphatic heterocycles. The van der Waals surface area contributed by atoms with Crippen molar-refractivity contribution in [1.82, 2.24) is 0 Å². The number of allylic oxidation sites excluding steroid dienone is 1. The zero-order valence-corrected chi connectivity index (χ0v) is 6.66. The Morgan fingerprint density at radius 3 is 1.91 bits per heavy atom. The highest BCUT2D eigenvalue weighted by Crippen LogP contribution is 2.24. The summed E-state index contributed by atoms with van der Waals surface area (Å²) in [5.41, 5.74) is -0.0766. The topological polar surface area (TPSA) is 12.4 Å². The molecule has 0 amide bonds. The fourth-order valence-electron chi connectivity index (χ4n) is 0.299. The van der Waals surface area contributed by atoms with E-state index in [-0.39, 0.29) is 0 Å². The molecule has 64 valence electrons. The summed E-state index contributed by atoms with van der Waals surface area (Å²) in [5.74, 6) is 0. The van der Waals surface area contributed by atoms with Crippen molar-refractivity contribution in [2.45, 2.75) is 26.9 Å². The van der Waals surface area contributed by atoms with Gasteiger partial charge in [0.15, 0.2) is 0 Å². The molecule has 1 nitrogen and oxygen atoms in total. The number of alkyl halides is 3. The monoisotopic (exact) mass is 165 g/mol. The summed E-state index contributed by atoms with van der Waals surface area (Å²) in [6.07, 6.45) is -3.42. The van der Waals surface area contributed by atoms with E-state index in [1.165, 1.54) is 0 Å². The van der Waals surface area contributed by atoms with Crippen LogP contribution in [0.3, 0.4) is 0 Å². The van der Waals surface area contributed by atoms with Crippen LogP contribution in [0, 0.1) is 0 Å². The molecule has 0 aromatic carbocycles. The number of hydrogen-bond donors (Lipinski definition) is 0. The highest BCUT2D eigenvalue weighted by molar-refractivity contribution is 5.79. The molecule has 11 heavy (non-hydrogen) atoms. The molecule has 0 aromatic rings. The molecule has 4 heteroatoms. The second kappa shape index (κ2) is 3.55. The van der Waals surface area contributed by atoms with Gasteiger partial charge >= 0.3 is 6.18 Å². The SMILES string of the molecule is CC(C)=N/C=C(\C)C(F)(F)F. The minimum absolute atomic E-state index is 0.605. The first kappa shape index (κ1) is 10.2. The molecule has 0 aromatic heterocycles. The Balaban J connectivity index is 4.36. The van der Waals surface area contributed by atoms with E-state index >= 15 is 0 Å². The summed E-state index contributed by atoms with van der Waals surface area (Å²) >= 11 is 0. The van der Waals surface area contributed by atoms with Crippen molar-refractivity contribution in [3.05, 3.63) is 11.8 Å². The molecule has 0 unspecified atom stereocenters. The van der Waals surface area contributed by atoms with E-state index in [0.717, 1.165) is 13.1 Å². The van der Waals surface area contributed by atoms with Gasteiger partial charge in [-0.1, -0.05) is 0 Å². The summed E-state index contributed by atoms with van der Waals surface area (Å²) in [5, 5.41) is 0. The molecule has 0 spiro atoms. The normalized spacial score (nSPS) is 13.1. The average Bonchev–Trinajstić information content (AvgIpc) is 1.80. The first-order valence-electron chi connectivity index (χ1n) is 3.09. The number of rotatable bonds is 1. The molecule has 0 N–H and O–H groups in total. The molecule has 0 heterocycles. The molecule has 0 aliphatic carbocycles. The second-order valence-corrected chi connectivity index (χ2v) is 2.39. The van der Waals surface area contributed by atoms with E-state index in [9.17, 15) is 13.2 Å². The van der Waals surface area contributed by atoms with Gasteiger partial charge in [0.05, 0.1) is 0 Å². The highest BCUT2D eigenvalue weighted by atomic mass is 19.4. The molecule has 0 bridgehead atoms. The maximum absolute atomic E-state index is 11.8. The maximum Gasteiger partial charge on any atom is 0.413 e. The number of hydrogen-bond acceptors (Lipinski definition) is 1. The number of nitrogens with zero attached hydrogens (tertiary/aromatic N) is 1. The van der Waals surface area contributed by atoms with Gasteiger partial charge in [0.25, 0.3) is 0 Å². The van der Waals surface area contributed by atoms with Crippen LogP contribution in [-0.4, -0.2) is 11.9 Å². The Hall–Kier alpha value is -0.800. The van der Waals surface area contributed by atoms with Crippen molar-refractivity contribution in [1.29, 1.82) is 0 Å². The summed E-state index contributed by atoms with van der Waals surface area (Å²) in [7, 11) is 0. The fourth-order valence-corrected chi connectivity index (χ4v) is 0.299. The second-order valence-electron chi connectivity index (χ2n) is 2.39. The average molecular weight is 165 g/mol. The lowest BCUT2D eigenvalue weighted by atomic mass is 10.3. The molecule has 0 radical (unpaired) electrons. The number of aliphatic imine (C=N–C) groups is 1. The smallest absolute Gasteiger partial charge is 0.266 e. The van der Waals surface area contributed by atoms with Crippen molar-refractivity contribution in [2.75, 3.05) is 0 Å². The van der Waals surface area contributed by atoms with Crippen molar-refractivity contribution >= 4 is 5.71 Å². The maximum atomic E-state index is 11.8. The van der Waals surface area contributed by atoms with Gasteiger partial charge < -0.3 is 0 Å². The van der Waals surface area contributed by atoms with Crippen LogP contribution in [0.4, 0.5) is 13.2 Å². The van der Waals surface area contributed by atoms with E-state index in [1.807, 2.05) is 0 Å². The van der Waals surface area contributed by atoms with Gasteiger partial charge in [-0.3, -0.25) is 4.99 Å². The molecular formula is C7H10F3N. The van der Waals surface area contributed by atoms with Crippen LogP contribution in [0.15, 0.2) is 16.8 Å². The van der Waals surface area contributed by atoms with Crippen molar-refractivity contribution < 1.29 is 13.2 Å². The van der Waals surface area contributed by atoms with Gasteiger partial charge in [-0.05, 0) is 20.8 Å². The molecule has 0 atom stereocenters. The minimum Gasteiger partial charge on any atom is -0.266 e. The summed E-state index contributed by atoms with van der Waals surface area (Å²) in [4.78, 5) is 3.53. The summed E-state index contributed by atoms with van der Waals surface area (Å²) in [6.45, 7) is 4.27. The third-order valence-electron chi connectivity index (χ3n) is 0.964. The van der Waals surface area contributed by atoms with Crippen molar-refractivity contribution in [2.24, 2.45) is 4.99 Å². The van der Waals surface area contributed by atoms with Gasteiger partial charge in [0.2, 0.25) is 0 Å². The van der Waals surface area contributed by atoms with Gasteiger partial charge in [0, 0.05) is 17.5 Å². The van der Waals surface area contributed by atoms with E-state index in [4.69, 9.17) is 0 Å². The van der Waals surface area contributed by atoms with Crippen molar-refractivity contribution in [3.8, 4) is 0 Å². The Morgan fingerprint density at radius 2 is 1.64 bits per heavy atom. The summed E-state index contributed by atoms with van der Waals surface area (Å²) < 4.78 is 35.3. The van der Waals surface area contributed by atoms with E-state index in [2.05, 4.69) is 4.99 Å². The van der Waals surface area contributed by atoms with Gasteiger partial charge in [-0.25, -0.2) is 0 Å². The lowest BCUT2D eigenvalue weighted by molar-refractivity contribution is -0.0914. The van der Waals surface area contributed by atoms with Crippen molar-refractivity contribution in [3.63, 3.8) is 0 Å². The van der Waals surface area contributed by atoms with E-state index in [1.54, 1.807) is 13.8 Å². The number of halogens is 3. The zero-order valence-electron chi connectivity index (χ0n) is 6.66. The largest absolute Gasteiger partial charge is 0.413 e. The van der Waals surface area contributed by atoms with Crippen LogP contribution < -0.4 is 0 Å². The predicted octanol–water partition coefficient (Wildman–Crippen LogP) is 2.93. The Bertz CT molecular complexity index is 184. The highest BCUT2D eigenvalue weighted by Gasteiger charge is 2.29. The van der Waals surface area contributed by atoms with E-state index in [0.29, 0.717) is 5.71 Å². The Morgan fingerprint density at radius 1 is 1.18 bits per heavy atom. The molecule has 0 saturated carbocycles. The van der Waals surface area contributed by atoms with Gasteiger partial charge in [0.1, 0.15) is 0 Å². The third kappa shape index (κ3) is 4.58. The molecule has 0 aliphatic rings. The molecule has 0 saturated heterocycles. The fraction of sp³-hybridized carbons (Fsp3) is 0.571. The Kier molecular flexibility index (Phi) is 3.29. The molecule has 0 fully saturated rings. The third-order valence-corrected chi connectivity index (χ3v) is 0.964. The zero-order chi connectivity index (χ0) is 9.07. The first-order valence-corrected chi connectivity index (χ1v) is 3.09. The molecular weight excluding hydrogens is 155 g/mol. The quantitative estimate of drug-likeness (QED) is 0.530. The van der Waals surface area contributed by atoms with Crippen LogP contribution >= 0.6 is 0 Å².